The molecule has 0 aliphatic rings. The summed E-state index contributed by atoms with van der Waals surface area (Å²) in [6.07, 6.45) is 0. The van der Waals surface area contributed by atoms with Crippen LogP contribution in [0.5, 0.6) is 0 Å². The van der Waals surface area contributed by atoms with Gasteiger partial charge in [0.15, 0.2) is 17.5 Å². The highest BCUT2D eigenvalue weighted by molar-refractivity contribution is 7.25. The van der Waals surface area contributed by atoms with E-state index in [-0.39, 0.29) is 0 Å². The quantitative estimate of drug-likeness (QED) is 0.175. The van der Waals surface area contributed by atoms with Gasteiger partial charge in [0, 0.05) is 58.4 Å². The first-order valence-corrected chi connectivity index (χ1v) is 19.7. The Morgan fingerprint density at radius 1 is 0.333 bits per heavy atom. The minimum absolute atomic E-state index is 0.559. The minimum atomic E-state index is 0.559. The fourth-order valence-corrected chi connectivity index (χ4v) is 9.35. The van der Waals surface area contributed by atoms with Crippen LogP contribution in [0.25, 0.3) is 120 Å². The maximum atomic E-state index is 6.74. The van der Waals surface area contributed by atoms with Crippen LogP contribution in [-0.4, -0.2) is 15.0 Å². The second-order valence-electron chi connectivity index (χ2n) is 14.3. The van der Waals surface area contributed by atoms with Crippen LogP contribution in [0.4, 0.5) is 0 Å². The fourth-order valence-electron chi connectivity index (χ4n) is 8.26. The summed E-state index contributed by atoms with van der Waals surface area (Å²) in [5.41, 5.74) is 10.3. The molecule has 8 aromatic carbocycles. The normalized spacial score (nSPS) is 11.9. The average molecular weight is 748 g/mol. The lowest BCUT2D eigenvalue weighted by atomic mass is 9.93. The van der Waals surface area contributed by atoms with E-state index in [0.29, 0.717) is 17.5 Å². The Bertz CT molecular complexity index is 3470. The van der Waals surface area contributed by atoms with Gasteiger partial charge in [0.1, 0.15) is 22.3 Å². The number of para-hydroxylation sites is 2. The van der Waals surface area contributed by atoms with Crippen LogP contribution < -0.4 is 0 Å². The van der Waals surface area contributed by atoms with E-state index < -0.39 is 0 Å². The van der Waals surface area contributed by atoms with Gasteiger partial charge >= 0.3 is 0 Å². The number of aromatic nitrogens is 3. The topological polar surface area (TPSA) is 65.0 Å². The highest BCUT2D eigenvalue weighted by Gasteiger charge is 2.21. The summed E-state index contributed by atoms with van der Waals surface area (Å²) in [5.74, 6) is 1.78. The molecule has 0 amide bonds. The first kappa shape index (κ1) is 31.9. The zero-order chi connectivity index (χ0) is 37.5. The molecule has 0 N–H and O–H groups in total. The lowest BCUT2D eigenvalue weighted by molar-refractivity contribution is 0.669. The fraction of sp³-hybridized carbons (Fsp3) is 0. The molecule has 0 atom stereocenters. The predicted octanol–water partition coefficient (Wildman–Crippen LogP) is 14.4. The van der Waals surface area contributed by atoms with Crippen molar-refractivity contribution in [1.82, 2.24) is 15.0 Å². The number of rotatable bonds is 5. The Hall–Kier alpha value is -7.41. The molecule has 12 aromatic rings. The van der Waals surface area contributed by atoms with Gasteiger partial charge in [-0.25, -0.2) is 15.0 Å². The summed E-state index contributed by atoms with van der Waals surface area (Å²) in [7, 11) is 0. The van der Waals surface area contributed by atoms with E-state index in [9.17, 15) is 0 Å². The van der Waals surface area contributed by atoms with Crippen molar-refractivity contribution in [2.24, 2.45) is 0 Å². The van der Waals surface area contributed by atoms with Crippen LogP contribution >= 0.6 is 11.3 Å². The van der Waals surface area contributed by atoms with Gasteiger partial charge in [-0.3, -0.25) is 0 Å². The summed E-state index contributed by atoms with van der Waals surface area (Å²) in [4.78, 5) is 14.9. The van der Waals surface area contributed by atoms with E-state index in [1.807, 2.05) is 84.1 Å². The first-order chi connectivity index (χ1) is 28.2. The Morgan fingerprint density at radius 2 is 0.912 bits per heavy atom. The van der Waals surface area contributed by atoms with Gasteiger partial charge < -0.3 is 8.83 Å². The average Bonchev–Trinajstić information content (AvgIpc) is 3.98. The Morgan fingerprint density at radius 3 is 1.72 bits per heavy atom. The summed E-state index contributed by atoms with van der Waals surface area (Å²) in [6, 6.07) is 60.9. The number of benzene rings is 8. The van der Waals surface area contributed by atoms with Crippen molar-refractivity contribution >= 4 is 75.4 Å². The maximum Gasteiger partial charge on any atom is 0.167 e. The lowest BCUT2D eigenvalue weighted by Gasteiger charge is -2.09. The van der Waals surface area contributed by atoms with Crippen molar-refractivity contribution in [2.75, 3.05) is 0 Å². The number of nitrogens with zero attached hydrogens (tertiary/aromatic N) is 3. The zero-order valence-electron chi connectivity index (χ0n) is 30.3. The van der Waals surface area contributed by atoms with Crippen molar-refractivity contribution in [3.63, 3.8) is 0 Å². The van der Waals surface area contributed by atoms with Crippen molar-refractivity contribution in [1.29, 1.82) is 0 Å². The molecule has 0 bridgehead atoms. The van der Waals surface area contributed by atoms with Gasteiger partial charge in [-0.15, -0.1) is 11.3 Å². The zero-order valence-corrected chi connectivity index (χ0v) is 31.1. The molecule has 0 aliphatic carbocycles. The van der Waals surface area contributed by atoms with E-state index in [1.165, 1.54) is 20.2 Å². The minimum Gasteiger partial charge on any atom is -0.455 e. The lowest BCUT2D eigenvalue weighted by Crippen LogP contribution is -2.00. The van der Waals surface area contributed by atoms with Crippen LogP contribution in [0.2, 0.25) is 0 Å². The van der Waals surface area contributed by atoms with E-state index in [2.05, 4.69) is 103 Å². The highest BCUT2D eigenvalue weighted by atomic mass is 32.1. The van der Waals surface area contributed by atoms with Gasteiger partial charge in [-0.1, -0.05) is 127 Å². The molecular weight excluding hydrogens is 719 g/mol. The molecule has 4 aromatic heterocycles. The standard InChI is InChI=1S/C51H29N3O2S/c1-3-12-30(13-4-1)49-52-50(31-14-5-2-6-15-31)54-51(53-49)39-19-11-18-37-40-28-32(22-26-43(40)55-47(37)39)34-24-25-35(48-46(34)38-17-7-9-20-42(38)56-48)33-23-27-45-41(29-33)36-16-8-10-21-44(36)57-45/h1-29H. The van der Waals surface area contributed by atoms with Crippen LogP contribution in [0, 0.1) is 0 Å². The molecule has 57 heavy (non-hydrogen) atoms. The molecule has 0 saturated carbocycles. The van der Waals surface area contributed by atoms with Gasteiger partial charge in [0.05, 0.1) is 5.56 Å². The molecule has 0 unspecified atom stereocenters. The highest BCUT2D eigenvalue weighted by Crippen LogP contribution is 2.45. The Labute approximate surface area is 330 Å². The molecule has 0 saturated heterocycles. The third-order valence-electron chi connectivity index (χ3n) is 11.0. The number of thiophene rings is 1. The Kier molecular flexibility index (Phi) is 7.03. The largest absolute Gasteiger partial charge is 0.455 e. The first-order valence-electron chi connectivity index (χ1n) is 18.9. The van der Waals surface area contributed by atoms with Crippen LogP contribution in [0.1, 0.15) is 0 Å². The maximum absolute atomic E-state index is 6.74. The van der Waals surface area contributed by atoms with E-state index >= 15 is 0 Å². The summed E-state index contributed by atoms with van der Waals surface area (Å²) in [6.45, 7) is 0. The van der Waals surface area contributed by atoms with Gasteiger partial charge in [-0.05, 0) is 65.2 Å². The Balaban J connectivity index is 1.03. The summed E-state index contributed by atoms with van der Waals surface area (Å²) in [5, 5.41) is 6.74. The van der Waals surface area contributed by atoms with Crippen molar-refractivity contribution < 1.29 is 8.83 Å². The van der Waals surface area contributed by atoms with Crippen LogP contribution in [0.3, 0.4) is 0 Å². The monoisotopic (exact) mass is 747 g/mol. The molecule has 5 nitrogen and oxygen atoms in total. The van der Waals surface area contributed by atoms with Crippen molar-refractivity contribution in [2.45, 2.75) is 0 Å². The molecule has 266 valence electrons. The third-order valence-corrected chi connectivity index (χ3v) is 12.1. The molecule has 0 aliphatic heterocycles. The molecule has 0 spiro atoms. The van der Waals surface area contributed by atoms with E-state index in [1.54, 1.807) is 0 Å². The third kappa shape index (κ3) is 5.12. The number of hydrogen-bond acceptors (Lipinski definition) is 6. The van der Waals surface area contributed by atoms with Gasteiger partial charge in [0.25, 0.3) is 0 Å². The molecule has 0 radical (unpaired) electrons. The number of fused-ring (bicyclic) bond motifs is 9. The number of furan rings is 2. The van der Waals surface area contributed by atoms with E-state index in [0.717, 1.165) is 82.8 Å². The SMILES string of the molecule is c1ccc(-c2nc(-c3ccccc3)nc(-c3cccc4c3oc3ccc(-c5ccc(-c6ccc7sc8ccccc8c7c6)c6oc7ccccc7c56)cc34)n2)cc1. The van der Waals surface area contributed by atoms with Crippen LogP contribution in [0.15, 0.2) is 185 Å². The summed E-state index contributed by atoms with van der Waals surface area (Å²) < 4.78 is 16.0. The summed E-state index contributed by atoms with van der Waals surface area (Å²) >= 11 is 1.83. The van der Waals surface area contributed by atoms with Crippen molar-refractivity contribution in [3.05, 3.63) is 176 Å². The number of hydrogen-bond donors (Lipinski definition) is 0. The van der Waals surface area contributed by atoms with E-state index in [4.69, 9.17) is 23.8 Å². The predicted molar refractivity (Wildman–Crippen MR) is 234 cm³/mol. The van der Waals surface area contributed by atoms with Crippen LogP contribution in [-0.2, 0) is 0 Å². The van der Waals surface area contributed by atoms with Crippen molar-refractivity contribution in [3.8, 4) is 56.4 Å². The molecule has 6 heteroatoms. The van der Waals surface area contributed by atoms with Gasteiger partial charge in [-0.2, -0.15) is 0 Å². The van der Waals surface area contributed by atoms with Gasteiger partial charge in [0.2, 0.25) is 0 Å². The second-order valence-corrected chi connectivity index (χ2v) is 15.4. The second kappa shape index (κ2) is 12.6. The molecular formula is C51H29N3O2S. The molecule has 4 heterocycles. The molecule has 0 fully saturated rings. The molecule has 12 rings (SSSR count). The smallest absolute Gasteiger partial charge is 0.167 e.